The van der Waals surface area contributed by atoms with Gasteiger partial charge in [0.15, 0.2) is 0 Å². The van der Waals surface area contributed by atoms with Gasteiger partial charge in [-0.25, -0.2) is 4.99 Å². The lowest BCUT2D eigenvalue weighted by molar-refractivity contribution is 0.594. The van der Waals surface area contributed by atoms with Gasteiger partial charge in [0.25, 0.3) is 0 Å². The summed E-state index contributed by atoms with van der Waals surface area (Å²) in [6.07, 6.45) is 10.0. The Kier molecular flexibility index (Phi) is 1.39. The summed E-state index contributed by atoms with van der Waals surface area (Å²) in [4.78, 5) is 6.41. The van der Waals surface area contributed by atoms with E-state index in [1.54, 1.807) is 0 Å². The maximum atomic E-state index is 4.27. The van der Waals surface area contributed by atoms with Crippen LogP contribution in [0.5, 0.6) is 0 Å². The van der Waals surface area contributed by atoms with Gasteiger partial charge in [0, 0.05) is 18.9 Å². The molecule has 0 N–H and O–H groups in total. The monoisotopic (exact) mass is 146 g/mol. The van der Waals surface area contributed by atoms with Gasteiger partial charge in [-0.15, -0.1) is 0 Å². The van der Waals surface area contributed by atoms with Crippen LogP contribution < -0.4 is 0 Å². The Hall–Kier alpha value is -1.31. The van der Waals surface area contributed by atoms with Gasteiger partial charge < -0.3 is 4.90 Å². The van der Waals surface area contributed by atoms with E-state index in [1.165, 1.54) is 5.57 Å². The lowest BCUT2D eigenvalue weighted by atomic mass is 10.2. The molecule has 0 saturated carbocycles. The maximum Gasteiger partial charge on any atom is 0.132 e. The lowest BCUT2D eigenvalue weighted by Gasteiger charge is -2.24. The fourth-order valence-electron chi connectivity index (χ4n) is 1.20. The second-order valence-corrected chi connectivity index (χ2v) is 2.79. The van der Waals surface area contributed by atoms with Crippen molar-refractivity contribution in [2.24, 2.45) is 4.99 Å². The number of fused-ring (bicyclic) bond motifs is 1. The Balaban J connectivity index is 2.33. The molecule has 11 heavy (non-hydrogen) atoms. The summed E-state index contributed by atoms with van der Waals surface area (Å²) in [7, 11) is 0. The van der Waals surface area contributed by atoms with Gasteiger partial charge in [-0.1, -0.05) is 6.08 Å². The smallest absolute Gasteiger partial charge is 0.132 e. The minimum atomic E-state index is 0.972. The van der Waals surface area contributed by atoms with Gasteiger partial charge in [-0.3, -0.25) is 0 Å². The molecule has 2 aliphatic heterocycles. The topological polar surface area (TPSA) is 15.6 Å². The second kappa shape index (κ2) is 2.38. The molecule has 2 rings (SSSR count). The molecule has 0 fully saturated rings. The number of hydrogen-bond donors (Lipinski definition) is 0. The summed E-state index contributed by atoms with van der Waals surface area (Å²) >= 11 is 0. The molecule has 0 aliphatic carbocycles. The van der Waals surface area contributed by atoms with Gasteiger partial charge in [0.05, 0.1) is 0 Å². The van der Waals surface area contributed by atoms with Crippen LogP contribution in [0.1, 0.15) is 6.92 Å². The molecule has 0 bridgehead atoms. The van der Waals surface area contributed by atoms with Gasteiger partial charge in [0.2, 0.25) is 0 Å². The van der Waals surface area contributed by atoms with Gasteiger partial charge in [-0.2, -0.15) is 0 Å². The van der Waals surface area contributed by atoms with E-state index >= 15 is 0 Å². The van der Waals surface area contributed by atoms with Gasteiger partial charge in [-0.05, 0) is 24.6 Å². The van der Waals surface area contributed by atoms with E-state index in [2.05, 4.69) is 23.0 Å². The molecular formula is C9H10N2. The molecule has 2 heteroatoms. The fourth-order valence-corrected chi connectivity index (χ4v) is 1.20. The van der Waals surface area contributed by atoms with Crippen molar-refractivity contribution in [3.63, 3.8) is 0 Å². The van der Waals surface area contributed by atoms with Crippen molar-refractivity contribution in [1.82, 2.24) is 4.90 Å². The Morgan fingerprint density at radius 2 is 2.36 bits per heavy atom. The highest BCUT2D eigenvalue weighted by molar-refractivity contribution is 5.96. The Morgan fingerprint density at radius 3 is 3.27 bits per heavy atom. The summed E-state index contributed by atoms with van der Waals surface area (Å²) in [5.74, 6) is 1.04. The first-order chi connectivity index (χ1) is 5.36. The lowest BCUT2D eigenvalue weighted by Crippen LogP contribution is -2.29. The summed E-state index contributed by atoms with van der Waals surface area (Å²) in [5, 5.41) is 0. The SMILES string of the molecule is CC1=CN=C2C=CC=CN2C1. The van der Waals surface area contributed by atoms with Crippen LogP contribution in [-0.2, 0) is 0 Å². The quantitative estimate of drug-likeness (QED) is 0.507. The predicted octanol–water partition coefficient (Wildman–Crippen LogP) is 1.69. The van der Waals surface area contributed by atoms with Crippen LogP contribution >= 0.6 is 0 Å². The summed E-state index contributed by atoms with van der Waals surface area (Å²) < 4.78 is 0. The van der Waals surface area contributed by atoms with Crippen molar-refractivity contribution < 1.29 is 0 Å². The highest BCUT2D eigenvalue weighted by Crippen LogP contribution is 2.11. The van der Waals surface area contributed by atoms with Crippen LogP contribution in [0.3, 0.4) is 0 Å². The van der Waals surface area contributed by atoms with Crippen LogP contribution in [0.15, 0.2) is 41.2 Å². The van der Waals surface area contributed by atoms with Crippen molar-refractivity contribution in [3.8, 4) is 0 Å². The average molecular weight is 146 g/mol. The van der Waals surface area contributed by atoms with E-state index in [0.29, 0.717) is 0 Å². The first-order valence-corrected chi connectivity index (χ1v) is 3.71. The van der Waals surface area contributed by atoms with E-state index in [-0.39, 0.29) is 0 Å². The highest BCUT2D eigenvalue weighted by Gasteiger charge is 2.10. The number of nitrogens with zero attached hydrogens (tertiary/aromatic N) is 2. The number of hydrogen-bond acceptors (Lipinski definition) is 2. The number of aliphatic imine (C=N–C) groups is 1. The van der Waals surface area contributed by atoms with Crippen LogP contribution in [-0.4, -0.2) is 17.3 Å². The standard InChI is InChI=1S/C9H10N2/c1-8-6-10-9-4-2-3-5-11(9)7-8/h2-6H,7H2,1H3. The molecule has 0 aromatic heterocycles. The molecule has 0 aromatic rings. The molecule has 0 unspecified atom stereocenters. The molecule has 0 radical (unpaired) electrons. The van der Waals surface area contributed by atoms with Crippen molar-refractivity contribution in [2.45, 2.75) is 6.92 Å². The maximum absolute atomic E-state index is 4.27. The number of allylic oxidation sites excluding steroid dienone is 2. The van der Waals surface area contributed by atoms with Crippen molar-refractivity contribution in [3.05, 3.63) is 36.2 Å². The van der Waals surface area contributed by atoms with Gasteiger partial charge in [0.1, 0.15) is 5.84 Å². The fraction of sp³-hybridized carbons (Fsp3) is 0.222. The van der Waals surface area contributed by atoms with Crippen molar-refractivity contribution >= 4 is 5.84 Å². The third kappa shape index (κ3) is 1.11. The Morgan fingerprint density at radius 1 is 1.45 bits per heavy atom. The minimum absolute atomic E-state index is 0.972. The molecule has 2 heterocycles. The summed E-state index contributed by atoms with van der Waals surface area (Å²) in [6, 6.07) is 0. The first-order valence-electron chi connectivity index (χ1n) is 3.71. The molecule has 0 atom stereocenters. The molecule has 0 aromatic carbocycles. The van der Waals surface area contributed by atoms with Crippen LogP contribution in [0.4, 0.5) is 0 Å². The average Bonchev–Trinajstić information content (AvgIpc) is 2.04. The van der Waals surface area contributed by atoms with E-state index < -0.39 is 0 Å². The molecule has 0 spiro atoms. The zero-order chi connectivity index (χ0) is 7.68. The van der Waals surface area contributed by atoms with Crippen LogP contribution in [0.25, 0.3) is 0 Å². The predicted molar refractivity (Wildman–Crippen MR) is 46.2 cm³/mol. The third-order valence-electron chi connectivity index (χ3n) is 1.75. The van der Waals surface area contributed by atoms with E-state index in [1.807, 2.05) is 24.4 Å². The Bertz CT molecular complexity index is 282. The molecule has 56 valence electrons. The zero-order valence-electron chi connectivity index (χ0n) is 6.49. The molecule has 2 aliphatic rings. The van der Waals surface area contributed by atoms with E-state index in [4.69, 9.17) is 0 Å². The van der Waals surface area contributed by atoms with Crippen LogP contribution in [0, 0.1) is 0 Å². The zero-order valence-corrected chi connectivity index (χ0v) is 6.49. The third-order valence-corrected chi connectivity index (χ3v) is 1.75. The summed E-state index contributed by atoms with van der Waals surface area (Å²) in [6.45, 7) is 3.06. The second-order valence-electron chi connectivity index (χ2n) is 2.79. The van der Waals surface area contributed by atoms with E-state index in [9.17, 15) is 0 Å². The Labute approximate surface area is 66.2 Å². The van der Waals surface area contributed by atoms with Crippen molar-refractivity contribution in [2.75, 3.05) is 6.54 Å². The van der Waals surface area contributed by atoms with Crippen molar-refractivity contribution in [1.29, 1.82) is 0 Å². The summed E-state index contributed by atoms with van der Waals surface area (Å²) in [5.41, 5.74) is 1.30. The molecule has 0 amide bonds. The van der Waals surface area contributed by atoms with Gasteiger partial charge >= 0.3 is 0 Å². The largest absolute Gasteiger partial charge is 0.329 e. The molecular weight excluding hydrogens is 136 g/mol. The number of amidine groups is 1. The highest BCUT2D eigenvalue weighted by atomic mass is 15.2. The minimum Gasteiger partial charge on any atom is -0.329 e. The number of rotatable bonds is 0. The first kappa shape index (κ1) is 6.40. The van der Waals surface area contributed by atoms with Crippen LogP contribution in [0.2, 0.25) is 0 Å². The molecule has 0 saturated heterocycles. The normalized spacial score (nSPS) is 21.0. The molecule has 2 nitrogen and oxygen atoms in total. The van der Waals surface area contributed by atoms with E-state index in [0.717, 1.165) is 12.4 Å².